The van der Waals surface area contributed by atoms with Gasteiger partial charge in [0.1, 0.15) is 0 Å². The van der Waals surface area contributed by atoms with E-state index in [4.69, 9.17) is 4.74 Å². The van der Waals surface area contributed by atoms with E-state index in [1.165, 1.54) is 6.08 Å². The van der Waals surface area contributed by atoms with Crippen LogP contribution in [-0.2, 0) is 20.9 Å². The second-order valence-electron chi connectivity index (χ2n) is 6.18. The SMILES string of the molecule is O=C(/C=C/c1ccccc1)O[C@H](C(=O)NCc1ccccc1)c1ccccc1. The highest BCUT2D eigenvalue weighted by molar-refractivity contribution is 5.91. The van der Waals surface area contributed by atoms with Crippen molar-refractivity contribution in [2.24, 2.45) is 0 Å². The van der Waals surface area contributed by atoms with Crippen LogP contribution in [0, 0.1) is 0 Å². The Hall–Kier alpha value is -3.66. The molecular weight excluding hydrogens is 350 g/mol. The predicted molar refractivity (Wildman–Crippen MR) is 109 cm³/mol. The number of hydrogen-bond acceptors (Lipinski definition) is 3. The molecule has 0 saturated carbocycles. The summed E-state index contributed by atoms with van der Waals surface area (Å²) in [6, 6.07) is 28.0. The number of benzene rings is 3. The zero-order valence-corrected chi connectivity index (χ0v) is 15.3. The van der Waals surface area contributed by atoms with Crippen LogP contribution in [0.3, 0.4) is 0 Å². The van der Waals surface area contributed by atoms with Crippen molar-refractivity contribution < 1.29 is 14.3 Å². The molecule has 0 aliphatic carbocycles. The van der Waals surface area contributed by atoms with Crippen molar-refractivity contribution in [2.45, 2.75) is 12.6 Å². The molecule has 0 heterocycles. The van der Waals surface area contributed by atoms with Gasteiger partial charge in [-0.25, -0.2) is 4.79 Å². The minimum absolute atomic E-state index is 0.362. The van der Waals surface area contributed by atoms with Gasteiger partial charge < -0.3 is 10.1 Å². The number of ether oxygens (including phenoxy) is 1. The number of hydrogen-bond donors (Lipinski definition) is 1. The summed E-state index contributed by atoms with van der Waals surface area (Å²) in [5.41, 5.74) is 2.47. The van der Waals surface area contributed by atoms with E-state index in [1.54, 1.807) is 30.3 Å². The maximum Gasteiger partial charge on any atom is 0.331 e. The second-order valence-corrected chi connectivity index (χ2v) is 6.18. The zero-order chi connectivity index (χ0) is 19.6. The highest BCUT2D eigenvalue weighted by Gasteiger charge is 2.23. The summed E-state index contributed by atoms with van der Waals surface area (Å²) in [6.45, 7) is 0.362. The topological polar surface area (TPSA) is 55.4 Å². The van der Waals surface area contributed by atoms with Crippen molar-refractivity contribution in [3.8, 4) is 0 Å². The summed E-state index contributed by atoms with van der Waals surface area (Å²) >= 11 is 0. The van der Waals surface area contributed by atoms with E-state index in [9.17, 15) is 9.59 Å². The van der Waals surface area contributed by atoms with Crippen LogP contribution in [0.2, 0.25) is 0 Å². The molecule has 1 atom stereocenters. The summed E-state index contributed by atoms with van der Waals surface area (Å²) in [6.07, 6.45) is 1.97. The fraction of sp³-hybridized carbons (Fsp3) is 0.0833. The van der Waals surface area contributed by atoms with E-state index in [0.717, 1.165) is 11.1 Å². The lowest BCUT2D eigenvalue weighted by atomic mass is 10.1. The largest absolute Gasteiger partial charge is 0.444 e. The normalized spacial score (nSPS) is 11.7. The van der Waals surface area contributed by atoms with Crippen LogP contribution < -0.4 is 5.32 Å². The number of carbonyl (C=O) groups is 2. The summed E-state index contributed by atoms with van der Waals surface area (Å²) in [7, 11) is 0. The number of nitrogens with one attached hydrogen (secondary N) is 1. The standard InChI is InChI=1S/C24H21NO3/c26-22(17-16-19-10-4-1-5-11-19)28-23(21-14-8-3-9-15-21)24(27)25-18-20-12-6-2-7-13-20/h1-17,23H,18H2,(H,25,27)/b17-16+/t23-/m0/s1. The molecule has 28 heavy (non-hydrogen) atoms. The van der Waals surface area contributed by atoms with Gasteiger partial charge in [-0.05, 0) is 17.2 Å². The van der Waals surface area contributed by atoms with Gasteiger partial charge in [-0.2, -0.15) is 0 Å². The van der Waals surface area contributed by atoms with Gasteiger partial charge in [-0.1, -0.05) is 91.0 Å². The number of rotatable bonds is 7. The first-order valence-corrected chi connectivity index (χ1v) is 9.03. The quantitative estimate of drug-likeness (QED) is 0.498. The maximum atomic E-state index is 12.7. The molecule has 3 aromatic carbocycles. The lowest BCUT2D eigenvalue weighted by molar-refractivity contribution is -0.151. The molecule has 0 aliphatic rings. The van der Waals surface area contributed by atoms with Gasteiger partial charge in [0.05, 0.1) is 0 Å². The second kappa shape index (κ2) is 9.88. The minimum atomic E-state index is -1.02. The first-order chi connectivity index (χ1) is 13.7. The van der Waals surface area contributed by atoms with Crippen molar-refractivity contribution in [2.75, 3.05) is 0 Å². The van der Waals surface area contributed by atoms with E-state index in [1.807, 2.05) is 66.7 Å². The Labute approximate surface area is 164 Å². The van der Waals surface area contributed by atoms with Crippen LogP contribution in [-0.4, -0.2) is 11.9 Å². The average molecular weight is 371 g/mol. The molecule has 4 heteroatoms. The molecule has 0 fully saturated rings. The first kappa shape index (κ1) is 19.1. The van der Waals surface area contributed by atoms with Crippen LogP contribution in [0.5, 0.6) is 0 Å². The van der Waals surface area contributed by atoms with E-state index >= 15 is 0 Å². The van der Waals surface area contributed by atoms with E-state index in [-0.39, 0.29) is 5.91 Å². The summed E-state index contributed by atoms with van der Waals surface area (Å²) < 4.78 is 5.47. The van der Waals surface area contributed by atoms with Crippen LogP contribution >= 0.6 is 0 Å². The van der Waals surface area contributed by atoms with Crippen molar-refractivity contribution >= 4 is 18.0 Å². The van der Waals surface area contributed by atoms with Gasteiger partial charge in [-0.15, -0.1) is 0 Å². The predicted octanol–water partition coefficient (Wildman–Crippen LogP) is 4.30. The monoisotopic (exact) mass is 371 g/mol. The zero-order valence-electron chi connectivity index (χ0n) is 15.3. The minimum Gasteiger partial charge on any atom is -0.444 e. The van der Waals surface area contributed by atoms with E-state index in [0.29, 0.717) is 12.1 Å². The Kier molecular flexibility index (Phi) is 6.74. The van der Waals surface area contributed by atoms with Crippen LogP contribution in [0.1, 0.15) is 22.8 Å². The molecule has 3 aromatic rings. The van der Waals surface area contributed by atoms with Crippen LogP contribution in [0.4, 0.5) is 0 Å². The third kappa shape index (κ3) is 5.68. The highest BCUT2D eigenvalue weighted by Crippen LogP contribution is 2.18. The van der Waals surface area contributed by atoms with E-state index < -0.39 is 12.1 Å². The number of esters is 1. The molecule has 0 unspecified atom stereocenters. The van der Waals surface area contributed by atoms with E-state index in [2.05, 4.69) is 5.32 Å². The van der Waals surface area contributed by atoms with Crippen molar-refractivity contribution in [3.63, 3.8) is 0 Å². The summed E-state index contributed by atoms with van der Waals surface area (Å²) in [5, 5.41) is 2.84. The molecule has 0 bridgehead atoms. The first-order valence-electron chi connectivity index (χ1n) is 9.03. The molecule has 3 rings (SSSR count). The number of carbonyl (C=O) groups excluding carboxylic acids is 2. The number of amides is 1. The Bertz CT molecular complexity index is 922. The molecule has 0 radical (unpaired) electrons. The molecular formula is C24H21NO3. The highest BCUT2D eigenvalue weighted by atomic mass is 16.5. The van der Waals surface area contributed by atoms with Gasteiger partial charge >= 0.3 is 5.97 Å². The van der Waals surface area contributed by atoms with Gasteiger partial charge in [0, 0.05) is 18.2 Å². The Morgan fingerprint density at radius 1 is 0.821 bits per heavy atom. The third-order valence-electron chi connectivity index (χ3n) is 4.10. The summed E-state index contributed by atoms with van der Waals surface area (Å²) in [5.74, 6) is -0.941. The van der Waals surface area contributed by atoms with Gasteiger partial charge in [-0.3, -0.25) is 4.79 Å². The Morgan fingerprint density at radius 3 is 2.04 bits per heavy atom. The smallest absolute Gasteiger partial charge is 0.331 e. The average Bonchev–Trinajstić information content (AvgIpc) is 2.76. The molecule has 0 aliphatic heterocycles. The van der Waals surface area contributed by atoms with Gasteiger partial charge in [0.25, 0.3) is 5.91 Å². The third-order valence-corrected chi connectivity index (χ3v) is 4.10. The Balaban J connectivity index is 1.69. The van der Waals surface area contributed by atoms with Crippen molar-refractivity contribution in [1.82, 2.24) is 5.32 Å². The van der Waals surface area contributed by atoms with Crippen LogP contribution in [0.25, 0.3) is 6.08 Å². The van der Waals surface area contributed by atoms with Gasteiger partial charge in [0.15, 0.2) is 0 Å². The lowest BCUT2D eigenvalue weighted by Crippen LogP contribution is -2.31. The molecule has 140 valence electrons. The molecule has 0 spiro atoms. The molecule has 1 N–H and O–H groups in total. The molecule has 4 nitrogen and oxygen atoms in total. The molecule has 0 saturated heterocycles. The summed E-state index contributed by atoms with van der Waals surface area (Å²) in [4.78, 5) is 25.0. The molecule has 0 aromatic heterocycles. The van der Waals surface area contributed by atoms with Crippen molar-refractivity contribution in [1.29, 1.82) is 0 Å². The maximum absolute atomic E-state index is 12.7. The van der Waals surface area contributed by atoms with Crippen LogP contribution in [0.15, 0.2) is 97.1 Å². The Morgan fingerprint density at radius 2 is 1.39 bits per heavy atom. The fourth-order valence-corrected chi connectivity index (χ4v) is 2.66. The fourth-order valence-electron chi connectivity index (χ4n) is 2.66. The lowest BCUT2D eigenvalue weighted by Gasteiger charge is -2.17. The van der Waals surface area contributed by atoms with Crippen molar-refractivity contribution in [3.05, 3.63) is 114 Å². The molecule has 1 amide bonds. The van der Waals surface area contributed by atoms with Gasteiger partial charge in [0.2, 0.25) is 6.10 Å².